The number of halogens is 1. The fourth-order valence-corrected chi connectivity index (χ4v) is 2.14. The molecule has 1 aromatic rings. The lowest BCUT2D eigenvalue weighted by Gasteiger charge is -2.34. The van der Waals surface area contributed by atoms with Crippen LogP contribution in [0.1, 0.15) is 20.3 Å². The zero-order valence-electron chi connectivity index (χ0n) is 11.2. The van der Waals surface area contributed by atoms with Crippen molar-refractivity contribution in [1.82, 2.24) is 0 Å². The van der Waals surface area contributed by atoms with Gasteiger partial charge in [-0.25, -0.2) is 4.39 Å². The van der Waals surface area contributed by atoms with Crippen molar-refractivity contribution >= 4 is 11.6 Å². The maximum atomic E-state index is 13.2. The van der Waals surface area contributed by atoms with Crippen LogP contribution in [0.25, 0.3) is 0 Å². The van der Waals surface area contributed by atoms with Gasteiger partial charge in [0.05, 0.1) is 12.2 Å². The first-order chi connectivity index (χ1) is 9.01. The summed E-state index contributed by atoms with van der Waals surface area (Å²) in [7, 11) is 0. The van der Waals surface area contributed by atoms with E-state index in [1.54, 1.807) is 11.0 Å². The molecule has 1 heterocycles. The fourth-order valence-electron chi connectivity index (χ4n) is 2.14. The lowest BCUT2D eigenvalue weighted by Crippen LogP contribution is -2.43. The van der Waals surface area contributed by atoms with Crippen molar-refractivity contribution < 1.29 is 13.9 Å². The van der Waals surface area contributed by atoms with Gasteiger partial charge in [0.2, 0.25) is 5.91 Å². The van der Waals surface area contributed by atoms with Gasteiger partial charge in [0, 0.05) is 12.5 Å². The molecule has 0 aromatic heterocycles. The van der Waals surface area contributed by atoms with Gasteiger partial charge in [-0.1, -0.05) is 6.92 Å². The van der Waals surface area contributed by atoms with Gasteiger partial charge in [0.1, 0.15) is 17.7 Å². The third-order valence-corrected chi connectivity index (χ3v) is 3.21. The number of rotatable bonds is 3. The van der Waals surface area contributed by atoms with Crippen LogP contribution >= 0.6 is 0 Å². The number of carbonyl (C=O) groups excluding carboxylic acids is 1. The molecule has 19 heavy (non-hydrogen) atoms. The van der Waals surface area contributed by atoms with Crippen LogP contribution in [-0.4, -0.2) is 25.1 Å². The standard InChI is InChI=1S/C14H19FN2O2/c1-9(7-16)5-14(18)17-8-10(2)19-13-6-11(15)3-4-12(13)17/h3-4,6,9-10H,5,7-8,16H2,1-2H3/t9-,10+/m1/s1. The molecular formula is C14H19FN2O2. The monoisotopic (exact) mass is 266 g/mol. The molecule has 2 atom stereocenters. The van der Waals surface area contributed by atoms with Crippen LogP contribution in [0.15, 0.2) is 18.2 Å². The van der Waals surface area contributed by atoms with Gasteiger partial charge in [0.15, 0.2) is 0 Å². The normalized spacial score (nSPS) is 19.6. The van der Waals surface area contributed by atoms with Crippen molar-refractivity contribution in [2.45, 2.75) is 26.4 Å². The number of nitrogens with zero attached hydrogens (tertiary/aromatic N) is 1. The molecule has 1 aliphatic rings. The van der Waals surface area contributed by atoms with Crippen molar-refractivity contribution in [3.63, 3.8) is 0 Å². The maximum absolute atomic E-state index is 13.2. The van der Waals surface area contributed by atoms with Crippen molar-refractivity contribution in [2.75, 3.05) is 18.0 Å². The molecule has 0 saturated carbocycles. The van der Waals surface area contributed by atoms with Crippen LogP contribution in [0.5, 0.6) is 5.75 Å². The molecule has 104 valence electrons. The second-order valence-electron chi connectivity index (χ2n) is 5.09. The Morgan fingerprint density at radius 2 is 2.37 bits per heavy atom. The topological polar surface area (TPSA) is 55.6 Å². The number of amides is 1. The number of benzene rings is 1. The van der Waals surface area contributed by atoms with E-state index in [-0.39, 0.29) is 23.7 Å². The molecule has 1 aromatic carbocycles. The van der Waals surface area contributed by atoms with Crippen LogP contribution in [0, 0.1) is 11.7 Å². The average molecular weight is 266 g/mol. The van der Waals surface area contributed by atoms with Crippen molar-refractivity contribution in [2.24, 2.45) is 11.7 Å². The van der Waals surface area contributed by atoms with Crippen molar-refractivity contribution in [3.05, 3.63) is 24.0 Å². The molecular weight excluding hydrogens is 247 g/mol. The number of nitrogens with two attached hydrogens (primary N) is 1. The Kier molecular flexibility index (Phi) is 4.04. The summed E-state index contributed by atoms with van der Waals surface area (Å²) in [4.78, 5) is 13.9. The van der Waals surface area contributed by atoms with E-state index in [0.717, 1.165) is 0 Å². The van der Waals surface area contributed by atoms with E-state index in [9.17, 15) is 9.18 Å². The van der Waals surface area contributed by atoms with E-state index in [4.69, 9.17) is 10.5 Å². The van der Waals surface area contributed by atoms with E-state index in [0.29, 0.717) is 30.9 Å². The molecule has 5 heteroatoms. The zero-order chi connectivity index (χ0) is 14.0. The Hall–Kier alpha value is -1.62. The van der Waals surface area contributed by atoms with Crippen LogP contribution < -0.4 is 15.4 Å². The third kappa shape index (κ3) is 3.04. The summed E-state index contributed by atoms with van der Waals surface area (Å²) in [5, 5.41) is 0. The Bertz CT molecular complexity index is 479. The molecule has 2 rings (SSSR count). The van der Waals surface area contributed by atoms with Gasteiger partial charge in [-0.05, 0) is 31.5 Å². The molecule has 0 bridgehead atoms. The largest absolute Gasteiger partial charge is 0.487 e. The number of hydrogen-bond acceptors (Lipinski definition) is 3. The number of anilines is 1. The van der Waals surface area contributed by atoms with Crippen LogP contribution in [0.4, 0.5) is 10.1 Å². The van der Waals surface area contributed by atoms with E-state index in [2.05, 4.69) is 0 Å². The van der Waals surface area contributed by atoms with Gasteiger partial charge in [-0.3, -0.25) is 4.79 Å². The summed E-state index contributed by atoms with van der Waals surface area (Å²) >= 11 is 0. The fraction of sp³-hybridized carbons (Fsp3) is 0.500. The smallest absolute Gasteiger partial charge is 0.227 e. The molecule has 0 spiro atoms. The molecule has 2 N–H and O–H groups in total. The van der Waals surface area contributed by atoms with E-state index >= 15 is 0 Å². The Morgan fingerprint density at radius 3 is 3.05 bits per heavy atom. The molecule has 0 unspecified atom stereocenters. The summed E-state index contributed by atoms with van der Waals surface area (Å²) in [6.07, 6.45) is 0.242. The predicted molar refractivity (Wildman–Crippen MR) is 71.7 cm³/mol. The lowest BCUT2D eigenvalue weighted by molar-refractivity contribution is -0.119. The first-order valence-electron chi connectivity index (χ1n) is 6.48. The average Bonchev–Trinajstić information content (AvgIpc) is 2.36. The summed E-state index contributed by atoms with van der Waals surface area (Å²) in [5.41, 5.74) is 6.18. The first-order valence-corrected chi connectivity index (χ1v) is 6.48. The Labute approximate surface area is 112 Å². The molecule has 1 amide bonds. The molecule has 1 aliphatic heterocycles. The summed E-state index contributed by atoms with van der Waals surface area (Å²) in [6.45, 7) is 4.75. The highest BCUT2D eigenvalue weighted by Crippen LogP contribution is 2.34. The minimum absolute atomic E-state index is 0.000887. The molecule has 0 saturated heterocycles. The van der Waals surface area contributed by atoms with Gasteiger partial charge in [0.25, 0.3) is 0 Å². The summed E-state index contributed by atoms with van der Waals surface area (Å²) in [5.74, 6) is 0.193. The lowest BCUT2D eigenvalue weighted by atomic mass is 10.1. The minimum atomic E-state index is -0.365. The van der Waals surface area contributed by atoms with E-state index in [1.807, 2.05) is 13.8 Å². The third-order valence-electron chi connectivity index (χ3n) is 3.21. The van der Waals surface area contributed by atoms with Gasteiger partial charge in [-0.15, -0.1) is 0 Å². The van der Waals surface area contributed by atoms with Gasteiger partial charge >= 0.3 is 0 Å². The second kappa shape index (κ2) is 5.57. The predicted octanol–water partition coefficient (Wildman–Crippen LogP) is 1.92. The van der Waals surface area contributed by atoms with Crippen LogP contribution in [0.3, 0.4) is 0 Å². The number of carbonyl (C=O) groups is 1. The summed E-state index contributed by atoms with van der Waals surface area (Å²) < 4.78 is 18.8. The Balaban J connectivity index is 2.25. The van der Waals surface area contributed by atoms with Crippen LogP contribution in [0.2, 0.25) is 0 Å². The molecule has 0 fully saturated rings. The van der Waals surface area contributed by atoms with Crippen molar-refractivity contribution in [3.8, 4) is 5.75 Å². The number of fused-ring (bicyclic) bond motifs is 1. The van der Waals surface area contributed by atoms with Gasteiger partial charge in [-0.2, -0.15) is 0 Å². The van der Waals surface area contributed by atoms with E-state index < -0.39 is 0 Å². The quantitative estimate of drug-likeness (QED) is 0.909. The highest BCUT2D eigenvalue weighted by atomic mass is 19.1. The second-order valence-corrected chi connectivity index (χ2v) is 5.09. The van der Waals surface area contributed by atoms with Crippen molar-refractivity contribution in [1.29, 1.82) is 0 Å². The number of hydrogen-bond donors (Lipinski definition) is 1. The zero-order valence-corrected chi connectivity index (χ0v) is 11.2. The maximum Gasteiger partial charge on any atom is 0.227 e. The SMILES string of the molecule is C[C@@H](CN)CC(=O)N1C[C@H](C)Oc2cc(F)ccc21. The minimum Gasteiger partial charge on any atom is -0.487 e. The van der Waals surface area contributed by atoms with Crippen LogP contribution in [-0.2, 0) is 4.79 Å². The van der Waals surface area contributed by atoms with Gasteiger partial charge < -0.3 is 15.4 Å². The summed E-state index contributed by atoms with van der Waals surface area (Å²) in [6, 6.07) is 4.24. The highest BCUT2D eigenvalue weighted by molar-refractivity contribution is 5.95. The molecule has 4 nitrogen and oxygen atoms in total. The highest BCUT2D eigenvalue weighted by Gasteiger charge is 2.28. The molecule has 0 aliphatic carbocycles. The first kappa shape index (κ1) is 13.8. The molecule has 0 radical (unpaired) electrons. The Morgan fingerprint density at radius 1 is 1.63 bits per heavy atom. The van der Waals surface area contributed by atoms with E-state index in [1.165, 1.54) is 12.1 Å². The number of ether oxygens (including phenoxy) is 1.